The highest BCUT2D eigenvalue weighted by Gasteiger charge is 2.13. The summed E-state index contributed by atoms with van der Waals surface area (Å²) in [5.74, 6) is 0. The van der Waals surface area contributed by atoms with Crippen LogP contribution < -0.4 is 0 Å². The smallest absolute Gasteiger partial charge is 0.197 e. The molecule has 0 radical (unpaired) electrons. The van der Waals surface area contributed by atoms with Crippen LogP contribution in [0.1, 0.15) is 26.3 Å². The summed E-state index contributed by atoms with van der Waals surface area (Å²) in [7, 11) is 0. The van der Waals surface area contributed by atoms with E-state index in [1.165, 1.54) is 27.8 Å². The van der Waals surface area contributed by atoms with E-state index in [0.29, 0.717) is 0 Å². The zero-order valence-electron chi connectivity index (χ0n) is 15.7. The average molecular weight is 391 g/mol. The average Bonchev–Trinajstić information content (AvgIpc) is 2.61. The first-order valence-corrected chi connectivity index (χ1v) is 8.46. The topological polar surface area (TPSA) is 0 Å². The third-order valence-corrected chi connectivity index (χ3v) is 4.07. The van der Waals surface area contributed by atoms with Crippen molar-refractivity contribution in [2.45, 2.75) is 32.9 Å². The predicted molar refractivity (Wildman–Crippen MR) is 114 cm³/mol. The largest absolute Gasteiger partial charge is 0.379 e. The molecule has 0 N–H and O–H groups in total. The van der Waals surface area contributed by atoms with Gasteiger partial charge < -0.3 is 0 Å². The molecule has 0 aromatic heterocycles. The summed E-state index contributed by atoms with van der Waals surface area (Å²) in [6.07, 6.45) is 0. The van der Waals surface area contributed by atoms with Crippen molar-refractivity contribution in [3.8, 4) is 22.3 Å². The van der Waals surface area contributed by atoms with E-state index in [1.54, 1.807) is 0 Å². The minimum absolute atomic E-state index is 0. The first-order chi connectivity index (χ1) is 12.3. The normalized spacial score (nSPS) is 10.6. The van der Waals surface area contributed by atoms with Gasteiger partial charge in [0.05, 0.1) is 0 Å². The van der Waals surface area contributed by atoms with Crippen molar-refractivity contribution in [2.75, 3.05) is 0 Å². The molecule has 0 saturated carbocycles. The highest BCUT2D eigenvalue weighted by molar-refractivity contribution is 7.59. The molecule has 0 saturated heterocycles. The summed E-state index contributed by atoms with van der Waals surface area (Å²) in [4.78, 5) is 0. The van der Waals surface area contributed by atoms with Gasteiger partial charge in [0.1, 0.15) is 0 Å². The molecular weight excluding hydrogens is 365 g/mol. The highest BCUT2D eigenvalue weighted by Crippen LogP contribution is 2.33. The van der Waals surface area contributed by atoms with Gasteiger partial charge in [-0.05, 0) is 33.2 Å². The number of benzene rings is 3. The standard InChI is InChI=1S/C22H22.CHF3.H2S/c1-22(2,3)19-15-13-18(14-16-19)21-12-8-7-11-20(21)17-9-5-4-6-10-17;2-1(3)4;/h4-16H,1-3H3;1H;1H2. The van der Waals surface area contributed by atoms with E-state index in [-0.39, 0.29) is 18.9 Å². The van der Waals surface area contributed by atoms with Crippen molar-refractivity contribution < 1.29 is 13.2 Å². The maximum absolute atomic E-state index is 9.67. The zero-order valence-corrected chi connectivity index (χ0v) is 16.7. The molecule has 0 spiro atoms. The summed E-state index contributed by atoms with van der Waals surface area (Å²) in [5.41, 5.74) is 6.66. The van der Waals surface area contributed by atoms with Crippen molar-refractivity contribution >= 4 is 13.5 Å². The predicted octanol–water partition coefficient (Wildman–Crippen LogP) is 7.61. The lowest BCUT2D eigenvalue weighted by molar-refractivity contribution is 0.00819. The van der Waals surface area contributed by atoms with Crippen molar-refractivity contribution in [3.05, 3.63) is 84.4 Å². The van der Waals surface area contributed by atoms with Crippen molar-refractivity contribution in [1.82, 2.24) is 0 Å². The van der Waals surface area contributed by atoms with Crippen LogP contribution >= 0.6 is 13.5 Å². The number of rotatable bonds is 2. The Morgan fingerprint density at radius 1 is 0.593 bits per heavy atom. The molecule has 144 valence electrons. The third kappa shape index (κ3) is 6.79. The molecule has 0 fully saturated rings. The zero-order chi connectivity index (χ0) is 19.2. The van der Waals surface area contributed by atoms with Gasteiger partial charge in [-0.3, -0.25) is 0 Å². The molecule has 0 bridgehead atoms. The number of hydrogen-bond donors (Lipinski definition) is 0. The second kappa shape index (κ2) is 10.2. The van der Waals surface area contributed by atoms with Crippen LogP contribution in [0.3, 0.4) is 0 Å². The third-order valence-electron chi connectivity index (χ3n) is 4.07. The van der Waals surface area contributed by atoms with Crippen LogP contribution in [-0.2, 0) is 5.41 Å². The molecule has 0 aliphatic carbocycles. The molecule has 3 aromatic carbocycles. The van der Waals surface area contributed by atoms with Crippen LogP contribution in [0.5, 0.6) is 0 Å². The lowest BCUT2D eigenvalue weighted by atomic mass is 9.85. The van der Waals surface area contributed by atoms with Crippen LogP contribution in [0.15, 0.2) is 78.9 Å². The van der Waals surface area contributed by atoms with Gasteiger partial charge in [-0.25, -0.2) is 0 Å². The van der Waals surface area contributed by atoms with E-state index >= 15 is 0 Å². The van der Waals surface area contributed by atoms with Crippen molar-refractivity contribution in [2.24, 2.45) is 0 Å². The molecule has 4 heteroatoms. The molecule has 0 atom stereocenters. The lowest BCUT2D eigenvalue weighted by Crippen LogP contribution is -2.10. The number of halogens is 3. The summed E-state index contributed by atoms with van der Waals surface area (Å²) in [5, 5.41) is 0. The van der Waals surface area contributed by atoms with Gasteiger partial charge in [0, 0.05) is 0 Å². The molecule has 0 amide bonds. The van der Waals surface area contributed by atoms with Crippen LogP contribution in [0.25, 0.3) is 22.3 Å². The van der Waals surface area contributed by atoms with Gasteiger partial charge in [-0.1, -0.05) is 99.6 Å². The first-order valence-electron chi connectivity index (χ1n) is 8.46. The van der Waals surface area contributed by atoms with Crippen molar-refractivity contribution in [3.63, 3.8) is 0 Å². The summed E-state index contributed by atoms with van der Waals surface area (Å²) < 4.78 is 29.0. The molecule has 0 aliphatic rings. The Bertz CT molecular complexity index is 804. The minimum Gasteiger partial charge on any atom is -0.197 e. The van der Waals surface area contributed by atoms with Gasteiger partial charge in [0.25, 0.3) is 0 Å². The maximum atomic E-state index is 9.67. The van der Waals surface area contributed by atoms with Gasteiger partial charge >= 0.3 is 6.68 Å². The SMILES string of the molecule is CC(C)(C)c1ccc(-c2ccccc2-c2ccccc2)cc1.FC(F)F.S. The Morgan fingerprint density at radius 3 is 1.37 bits per heavy atom. The van der Waals surface area contributed by atoms with E-state index in [2.05, 4.69) is 99.6 Å². The fourth-order valence-electron chi connectivity index (χ4n) is 2.75. The molecule has 0 unspecified atom stereocenters. The quantitative estimate of drug-likeness (QED) is 0.422. The Labute approximate surface area is 166 Å². The molecule has 0 aliphatic heterocycles. The van der Waals surface area contributed by atoms with Crippen molar-refractivity contribution in [1.29, 1.82) is 0 Å². The van der Waals surface area contributed by atoms with Gasteiger partial charge in [-0.2, -0.15) is 26.7 Å². The van der Waals surface area contributed by atoms with E-state index in [9.17, 15) is 13.2 Å². The highest BCUT2D eigenvalue weighted by atomic mass is 32.1. The Morgan fingerprint density at radius 2 is 0.963 bits per heavy atom. The summed E-state index contributed by atoms with van der Waals surface area (Å²) in [6.45, 7) is 3.08. The Hall–Kier alpha value is -2.20. The number of alkyl halides is 3. The summed E-state index contributed by atoms with van der Waals surface area (Å²) in [6, 6.07) is 28.2. The van der Waals surface area contributed by atoms with E-state index in [1.807, 2.05) is 0 Å². The number of hydrogen-bond acceptors (Lipinski definition) is 0. The molecule has 0 heterocycles. The van der Waals surface area contributed by atoms with E-state index in [0.717, 1.165) is 0 Å². The van der Waals surface area contributed by atoms with E-state index < -0.39 is 6.68 Å². The van der Waals surface area contributed by atoms with Crippen LogP contribution in [0.4, 0.5) is 13.2 Å². The van der Waals surface area contributed by atoms with Crippen LogP contribution in [0.2, 0.25) is 0 Å². The molecule has 27 heavy (non-hydrogen) atoms. The Balaban J connectivity index is 0.000000666. The monoisotopic (exact) mass is 390 g/mol. The molecule has 3 rings (SSSR count). The minimum atomic E-state index is -3.67. The second-order valence-electron chi connectivity index (χ2n) is 6.99. The van der Waals surface area contributed by atoms with Crippen LogP contribution in [0, 0.1) is 0 Å². The maximum Gasteiger partial charge on any atom is 0.379 e. The fraction of sp³-hybridized carbons (Fsp3) is 0.217. The molecular formula is C23H25F3S. The van der Waals surface area contributed by atoms with E-state index in [4.69, 9.17) is 0 Å². The van der Waals surface area contributed by atoms with Crippen LogP contribution in [-0.4, -0.2) is 6.68 Å². The Kier molecular flexibility index (Phi) is 8.64. The van der Waals surface area contributed by atoms with Gasteiger partial charge in [0.2, 0.25) is 0 Å². The van der Waals surface area contributed by atoms with Gasteiger partial charge in [0.15, 0.2) is 0 Å². The second-order valence-corrected chi connectivity index (χ2v) is 6.99. The molecule has 0 nitrogen and oxygen atoms in total. The lowest BCUT2D eigenvalue weighted by Gasteiger charge is -2.19. The fourth-order valence-corrected chi connectivity index (χ4v) is 2.75. The summed E-state index contributed by atoms with van der Waals surface area (Å²) >= 11 is 0. The van der Waals surface area contributed by atoms with Gasteiger partial charge in [-0.15, -0.1) is 0 Å². The first kappa shape index (κ1) is 22.8. The molecule has 3 aromatic rings.